The molecule has 1 unspecified atom stereocenters. The third-order valence-electron chi connectivity index (χ3n) is 6.28. The summed E-state index contributed by atoms with van der Waals surface area (Å²) in [6, 6.07) is 5.76. The lowest BCUT2D eigenvalue weighted by Gasteiger charge is -2.37. The van der Waals surface area contributed by atoms with Crippen molar-refractivity contribution in [3.63, 3.8) is 0 Å². The Bertz CT molecular complexity index is 888. The van der Waals surface area contributed by atoms with E-state index in [1.54, 1.807) is 15.9 Å². The Balaban J connectivity index is 2.07. The maximum absolute atomic E-state index is 12.7. The van der Waals surface area contributed by atoms with Crippen LogP contribution in [0.2, 0.25) is 0 Å². The first-order valence-electron chi connectivity index (χ1n) is 12.4. The SMILES string of the molecule is C=CCOC(=O)N(Cc1ccc(NCC2CCCN2C(=O)OC(C)(C)C)c(N)c1)[C@@H](C)C(C)(C)C. The molecule has 0 bridgehead atoms. The zero-order valence-electron chi connectivity index (χ0n) is 22.5. The fourth-order valence-corrected chi connectivity index (χ4v) is 3.95. The van der Waals surface area contributed by atoms with Crippen LogP contribution in [0, 0.1) is 5.41 Å². The van der Waals surface area contributed by atoms with E-state index in [0.717, 1.165) is 24.1 Å². The van der Waals surface area contributed by atoms with Crippen molar-refractivity contribution in [1.29, 1.82) is 0 Å². The Labute approximate surface area is 210 Å². The van der Waals surface area contributed by atoms with E-state index in [1.165, 1.54) is 0 Å². The molecule has 1 aliphatic heterocycles. The zero-order valence-corrected chi connectivity index (χ0v) is 22.5. The molecule has 196 valence electrons. The lowest BCUT2D eigenvalue weighted by Crippen LogP contribution is -2.45. The van der Waals surface area contributed by atoms with Crippen LogP contribution in [0.15, 0.2) is 30.9 Å². The summed E-state index contributed by atoms with van der Waals surface area (Å²) in [6.07, 6.45) is 2.77. The van der Waals surface area contributed by atoms with Gasteiger partial charge in [0.05, 0.1) is 17.4 Å². The Morgan fingerprint density at radius 1 is 1.29 bits per heavy atom. The molecule has 1 fully saturated rings. The van der Waals surface area contributed by atoms with Gasteiger partial charge in [0.15, 0.2) is 0 Å². The number of likely N-dealkylation sites (tertiary alicyclic amines) is 1. The highest BCUT2D eigenvalue weighted by Gasteiger charge is 2.33. The summed E-state index contributed by atoms with van der Waals surface area (Å²) in [7, 11) is 0. The quantitative estimate of drug-likeness (QED) is 0.363. The van der Waals surface area contributed by atoms with Gasteiger partial charge >= 0.3 is 12.2 Å². The van der Waals surface area contributed by atoms with Crippen LogP contribution >= 0.6 is 0 Å². The van der Waals surface area contributed by atoms with E-state index in [2.05, 4.69) is 32.7 Å². The first-order chi connectivity index (χ1) is 16.2. The summed E-state index contributed by atoms with van der Waals surface area (Å²) >= 11 is 0. The van der Waals surface area contributed by atoms with Gasteiger partial charge in [-0.25, -0.2) is 9.59 Å². The van der Waals surface area contributed by atoms with E-state index in [-0.39, 0.29) is 36.3 Å². The second-order valence-electron chi connectivity index (χ2n) is 11.3. The predicted octanol–water partition coefficient (Wildman–Crippen LogP) is 5.64. The first-order valence-corrected chi connectivity index (χ1v) is 12.4. The fraction of sp³-hybridized carbons (Fsp3) is 0.630. The minimum Gasteiger partial charge on any atom is -0.445 e. The largest absolute Gasteiger partial charge is 0.445 e. The van der Waals surface area contributed by atoms with E-state index in [0.29, 0.717) is 25.3 Å². The number of nitrogen functional groups attached to an aromatic ring is 1. The van der Waals surface area contributed by atoms with Gasteiger partial charge in [0.25, 0.3) is 0 Å². The number of anilines is 2. The average Bonchev–Trinajstić information content (AvgIpc) is 3.21. The van der Waals surface area contributed by atoms with Crippen molar-refractivity contribution >= 4 is 23.6 Å². The third-order valence-corrected chi connectivity index (χ3v) is 6.28. The van der Waals surface area contributed by atoms with Crippen LogP contribution < -0.4 is 11.1 Å². The molecule has 0 saturated carbocycles. The molecule has 35 heavy (non-hydrogen) atoms. The van der Waals surface area contributed by atoms with Crippen LogP contribution in [0.25, 0.3) is 0 Å². The highest BCUT2D eigenvalue weighted by molar-refractivity contribution is 5.71. The molecule has 0 aromatic heterocycles. The molecule has 1 aromatic rings. The minimum atomic E-state index is -0.519. The molecule has 1 aliphatic rings. The zero-order chi connectivity index (χ0) is 26.4. The van der Waals surface area contributed by atoms with Crippen molar-refractivity contribution in [2.75, 3.05) is 30.7 Å². The Kier molecular flexibility index (Phi) is 9.46. The Morgan fingerprint density at radius 3 is 2.54 bits per heavy atom. The molecule has 1 aromatic carbocycles. The second kappa shape index (κ2) is 11.7. The van der Waals surface area contributed by atoms with Crippen molar-refractivity contribution in [1.82, 2.24) is 9.80 Å². The molecule has 1 heterocycles. The van der Waals surface area contributed by atoms with Gasteiger partial charge in [0.1, 0.15) is 12.2 Å². The molecule has 0 radical (unpaired) electrons. The lowest BCUT2D eigenvalue weighted by atomic mass is 9.87. The number of benzene rings is 1. The van der Waals surface area contributed by atoms with Gasteiger partial charge in [0, 0.05) is 25.7 Å². The second-order valence-corrected chi connectivity index (χ2v) is 11.3. The summed E-state index contributed by atoms with van der Waals surface area (Å²) < 4.78 is 10.9. The molecule has 8 heteroatoms. The Hall–Kier alpha value is -2.90. The van der Waals surface area contributed by atoms with E-state index in [4.69, 9.17) is 15.2 Å². The summed E-state index contributed by atoms with van der Waals surface area (Å²) in [5.41, 5.74) is 8.02. The molecular weight excluding hydrogens is 444 g/mol. The molecule has 0 aliphatic carbocycles. The standard InChI is InChI=1S/C27H44N4O4/c1-9-15-34-24(32)31(19(2)26(3,4)5)18-20-12-13-23(22(28)16-20)29-17-21-11-10-14-30(21)25(33)35-27(6,7)8/h9,12-13,16,19,21,29H,1,10-11,14-15,17-18,28H2,2-8H3/t19-,21?/m0/s1. The molecule has 2 rings (SSSR count). The number of nitrogens with one attached hydrogen (secondary N) is 1. The van der Waals surface area contributed by atoms with Crippen LogP contribution in [-0.4, -0.2) is 59.4 Å². The number of carbonyl (C=O) groups excluding carboxylic acids is 2. The fourth-order valence-electron chi connectivity index (χ4n) is 3.95. The van der Waals surface area contributed by atoms with Crippen molar-refractivity contribution in [2.24, 2.45) is 5.41 Å². The topological polar surface area (TPSA) is 97.1 Å². The van der Waals surface area contributed by atoms with Crippen LogP contribution in [-0.2, 0) is 16.0 Å². The molecule has 0 spiro atoms. The highest BCUT2D eigenvalue weighted by Crippen LogP contribution is 2.28. The van der Waals surface area contributed by atoms with Crippen LogP contribution in [0.1, 0.15) is 66.9 Å². The number of hydrogen-bond donors (Lipinski definition) is 2. The van der Waals surface area contributed by atoms with Crippen molar-refractivity contribution in [3.8, 4) is 0 Å². The van der Waals surface area contributed by atoms with E-state index in [1.807, 2.05) is 45.9 Å². The number of nitrogens with zero attached hydrogens (tertiary/aromatic N) is 2. The van der Waals surface area contributed by atoms with E-state index >= 15 is 0 Å². The van der Waals surface area contributed by atoms with E-state index < -0.39 is 5.60 Å². The summed E-state index contributed by atoms with van der Waals surface area (Å²) in [5.74, 6) is 0. The van der Waals surface area contributed by atoms with Gasteiger partial charge in [-0.1, -0.05) is 39.5 Å². The van der Waals surface area contributed by atoms with Gasteiger partial charge < -0.3 is 30.3 Å². The van der Waals surface area contributed by atoms with Gasteiger partial charge in [0.2, 0.25) is 0 Å². The Morgan fingerprint density at radius 2 is 1.97 bits per heavy atom. The summed E-state index contributed by atoms with van der Waals surface area (Å²) in [5, 5.41) is 3.39. The minimum absolute atomic E-state index is 0.0479. The lowest BCUT2D eigenvalue weighted by molar-refractivity contribution is 0.0235. The van der Waals surface area contributed by atoms with Crippen LogP contribution in [0.4, 0.5) is 21.0 Å². The van der Waals surface area contributed by atoms with Crippen molar-refractivity contribution in [3.05, 3.63) is 36.4 Å². The molecule has 3 N–H and O–H groups in total. The van der Waals surface area contributed by atoms with Crippen LogP contribution in [0.5, 0.6) is 0 Å². The maximum Gasteiger partial charge on any atom is 0.410 e. The summed E-state index contributed by atoms with van der Waals surface area (Å²) in [4.78, 5) is 28.8. The number of hydrogen-bond acceptors (Lipinski definition) is 6. The van der Waals surface area contributed by atoms with Crippen molar-refractivity contribution in [2.45, 2.75) is 85.5 Å². The molecule has 2 atom stereocenters. The first kappa shape index (κ1) is 28.3. The molecule has 8 nitrogen and oxygen atoms in total. The summed E-state index contributed by atoms with van der Waals surface area (Å²) in [6.45, 7) is 19.4. The smallest absolute Gasteiger partial charge is 0.410 e. The van der Waals surface area contributed by atoms with Crippen molar-refractivity contribution < 1.29 is 19.1 Å². The maximum atomic E-state index is 12.7. The van der Waals surface area contributed by atoms with Crippen LogP contribution in [0.3, 0.4) is 0 Å². The number of carbonyl (C=O) groups is 2. The average molecular weight is 489 g/mol. The highest BCUT2D eigenvalue weighted by atomic mass is 16.6. The van der Waals surface area contributed by atoms with Gasteiger partial charge in [-0.3, -0.25) is 0 Å². The molecular formula is C27H44N4O4. The molecule has 2 amide bonds. The molecule has 1 saturated heterocycles. The predicted molar refractivity (Wildman–Crippen MR) is 141 cm³/mol. The monoisotopic (exact) mass is 488 g/mol. The normalized spacial score (nSPS) is 17.0. The number of rotatable bonds is 8. The van der Waals surface area contributed by atoms with Gasteiger partial charge in [-0.05, 0) is 63.6 Å². The number of ether oxygens (including phenoxy) is 2. The van der Waals surface area contributed by atoms with Gasteiger partial charge in [-0.15, -0.1) is 0 Å². The third kappa shape index (κ3) is 8.37. The van der Waals surface area contributed by atoms with E-state index in [9.17, 15) is 9.59 Å². The van der Waals surface area contributed by atoms with Gasteiger partial charge in [-0.2, -0.15) is 0 Å². The number of amides is 2. The number of nitrogens with two attached hydrogens (primary N) is 1.